The Balaban J connectivity index is 1.42. The Labute approximate surface area is 185 Å². The van der Waals surface area contributed by atoms with E-state index >= 15 is 0 Å². The number of imidazole rings is 1. The van der Waals surface area contributed by atoms with Crippen molar-refractivity contribution in [2.24, 2.45) is 0 Å². The van der Waals surface area contributed by atoms with Crippen molar-refractivity contribution >= 4 is 21.5 Å². The smallest absolute Gasteiger partial charge is 0.262 e. The molecule has 5 rings (SSSR count). The molecular weight excluding hydrogens is 430 g/mol. The minimum absolute atomic E-state index is 0.0436. The fourth-order valence-corrected chi connectivity index (χ4v) is 5.11. The van der Waals surface area contributed by atoms with E-state index in [-0.39, 0.29) is 5.03 Å². The number of ether oxygens (including phenoxy) is 1. The van der Waals surface area contributed by atoms with Crippen LogP contribution in [0.3, 0.4) is 0 Å². The molecule has 5 heterocycles. The number of anilines is 1. The third-order valence-electron chi connectivity index (χ3n) is 5.39. The SMILES string of the molecule is COc1ccc(-c2ccc3ncc(S(=O)(=O)N4CCN(c5ccccn5)CC4)n3n2)cn1. The summed E-state index contributed by atoms with van der Waals surface area (Å²) in [7, 11) is -2.23. The lowest BCUT2D eigenvalue weighted by Crippen LogP contribution is -2.49. The summed E-state index contributed by atoms with van der Waals surface area (Å²) >= 11 is 0. The second-order valence-electron chi connectivity index (χ2n) is 7.25. The van der Waals surface area contributed by atoms with Crippen LogP contribution in [0.4, 0.5) is 5.82 Å². The standard InChI is InChI=1S/C21H21N7O3S/c1-31-20-8-5-16(14-24-20)17-6-7-19-23-15-21(28(19)25-17)32(29,30)27-12-10-26(11-13-27)18-4-2-3-9-22-18/h2-9,14-15H,10-13H2,1H3. The number of fused-ring (bicyclic) bond motifs is 1. The Morgan fingerprint density at radius 1 is 0.906 bits per heavy atom. The summed E-state index contributed by atoms with van der Waals surface area (Å²) in [6.45, 7) is 1.83. The molecule has 0 aromatic carbocycles. The number of nitrogens with zero attached hydrogens (tertiary/aromatic N) is 7. The lowest BCUT2D eigenvalue weighted by atomic mass is 10.2. The molecule has 0 atom stereocenters. The van der Waals surface area contributed by atoms with Crippen molar-refractivity contribution < 1.29 is 13.2 Å². The molecule has 0 spiro atoms. The van der Waals surface area contributed by atoms with E-state index in [1.165, 1.54) is 15.0 Å². The first kappa shape index (κ1) is 20.3. The summed E-state index contributed by atoms with van der Waals surface area (Å²) in [6, 6.07) is 12.8. The zero-order valence-corrected chi connectivity index (χ0v) is 18.2. The van der Waals surface area contributed by atoms with Gasteiger partial charge in [0.05, 0.1) is 19.0 Å². The first-order valence-corrected chi connectivity index (χ1v) is 11.5. The Hall–Kier alpha value is -3.57. The number of hydrogen-bond acceptors (Lipinski definition) is 8. The van der Waals surface area contributed by atoms with Gasteiger partial charge >= 0.3 is 0 Å². The monoisotopic (exact) mass is 451 g/mol. The van der Waals surface area contributed by atoms with E-state index in [0.29, 0.717) is 43.4 Å². The van der Waals surface area contributed by atoms with Crippen molar-refractivity contribution in [3.63, 3.8) is 0 Å². The highest BCUT2D eigenvalue weighted by Gasteiger charge is 2.31. The van der Waals surface area contributed by atoms with Crippen molar-refractivity contribution in [1.82, 2.24) is 28.9 Å². The number of pyridine rings is 2. The molecule has 0 radical (unpaired) electrons. The molecule has 0 unspecified atom stereocenters. The third-order valence-corrected chi connectivity index (χ3v) is 7.24. The van der Waals surface area contributed by atoms with Crippen LogP contribution in [0.15, 0.2) is 66.1 Å². The molecule has 0 saturated carbocycles. The normalized spacial score (nSPS) is 15.2. The molecule has 0 bridgehead atoms. The quantitative estimate of drug-likeness (QED) is 0.452. The van der Waals surface area contributed by atoms with Crippen LogP contribution in [-0.2, 0) is 10.0 Å². The van der Waals surface area contributed by atoms with Crippen molar-refractivity contribution in [3.05, 3.63) is 61.1 Å². The average Bonchev–Trinajstić information content (AvgIpc) is 3.29. The van der Waals surface area contributed by atoms with Crippen LogP contribution in [0.1, 0.15) is 0 Å². The first-order chi connectivity index (χ1) is 15.6. The molecule has 0 aliphatic carbocycles. The zero-order chi connectivity index (χ0) is 22.1. The first-order valence-electron chi connectivity index (χ1n) is 10.1. The number of sulfonamides is 1. The van der Waals surface area contributed by atoms with E-state index in [2.05, 4.69) is 25.0 Å². The summed E-state index contributed by atoms with van der Waals surface area (Å²) in [5, 5.41) is 4.58. The van der Waals surface area contributed by atoms with Gasteiger partial charge in [0, 0.05) is 50.2 Å². The number of methoxy groups -OCH3 is 1. The van der Waals surface area contributed by atoms with Gasteiger partial charge in [-0.15, -0.1) is 0 Å². The molecule has 11 heteroatoms. The largest absolute Gasteiger partial charge is 0.481 e. The van der Waals surface area contributed by atoms with Crippen molar-refractivity contribution in [1.29, 1.82) is 0 Å². The van der Waals surface area contributed by atoms with Gasteiger partial charge < -0.3 is 9.64 Å². The van der Waals surface area contributed by atoms with Crippen LogP contribution < -0.4 is 9.64 Å². The number of piperazine rings is 1. The van der Waals surface area contributed by atoms with Crippen LogP contribution in [0.5, 0.6) is 5.88 Å². The molecular formula is C21H21N7O3S. The summed E-state index contributed by atoms with van der Waals surface area (Å²) in [5.41, 5.74) is 1.79. The van der Waals surface area contributed by atoms with E-state index in [0.717, 1.165) is 11.4 Å². The van der Waals surface area contributed by atoms with Crippen molar-refractivity contribution in [3.8, 4) is 17.1 Å². The van der Waals surface area contributed by atoms with Gasteiger partial charge in [0.25, 0.3) is 10.0 Å². The van der Waals surface area contributed by atoms with Crippen LogP contribution in [0.25, 0.3) is 16.9 Å². The molecule has 1 aliphatic rings. The highest BCUT2D eigenvalue weighted by molar-refractivity contribution is 7.89. The maximum absolute atomic E-state index is 13.4. The summed E-state index contributed by atoms with van der Waals surface area (Å²) in [5.74, 6) is 1.34. The van der Waals surface area contributed by atoms with Gasteiger partial charge in [-0.3, -0.25) is 0 Å². The Morgan fingerprint density at radius 3 is 2.44 bits per heavy atom. The summed E-state index contributed by atoms with van der Waals surface area (Å²) < 4.78 is 34.7. The van der Waals surface area contributed by atoms with E-state index in [1.54, 1.807) is 37.7 Å². The maximum atomic E-state index is 13.4. The molecule has 1 saturated heterocycles. The molecule has 4 aromatic rings. The van der Waals surface area contributed by atoms with E-state index < -0.39 is 10.0 Å². The lowest BCUT2D eigenvalue weighted by molar-refractivity contribution is 0.381. The molecule has 164 valence electrons. The topological polar surface area (TPSA) is 106 Å². The third kappa shape index (κ3) is 3.65. The van der Waals surface area contributed by atoms with Gasteiger partial charge in [-0.1, -0.05) is 6.07 Å². The van der Waals surface area contributed by atoms with Gasteiger partial charge in [-0.2, -0.15) is 9.40 Å². The minimum Gasteiger partial charge on any atom is -0.481 e. The molecule has 10 nitrogen and oxygen atoms in total. The molecule has 4 aromatic heterocycles. The predicted octanol–water partition coefficient (Wildman–Crippen LogP) is 1.71. The number of rotatable bonds is 5. The van der Waals surface area contributed by atoms with Crippen LogP contribution >= 0.6 is 0 Å². The Kier molecular flexibility index (Phi) is 5.19. The molecule has 1 fully saturated rings. The maximum Gasteiger partial charge on any atom is 0.262 e. The molecule has 0 amide bonds. The Morgan fingerprint density at radius 2 is 1.75 bits per heavy atom. The second-order valence-corrected chi connectivity index (χ2v) is 9.14. The van der Waals surface area contributed by atoms with Gasteiger partial charge in [0.1, 0.15) is 5.82 Å². The molecule has 32 heavy (non-hydrogen) atoms. The highest BCUT2D eigenvalue weighted by atomic mass is 32.2. The van der Waals surface area contributed by atoms with E-state index in [1.807, 2.05) is 24.3 Å². The zero-order valence-electron chi connectivity index (χ0n) is 17.4. The van der Waals surface area contributed by atoms with E-state index in [9.17, 15) is 8.42 Å². The second kappa shape index (κ2) is 8.17. The fraction of sp³-hybridized carbons (Fsp3) is 0.238. The van der Waals surface area contributed by atoms with Crippen LogP contribution in [0.2, 0.25) is 0 Å². The van der Waals surface area contributed by atoms with Crippen molar-refractivity contribution in [2.75, 3.05) is 38.2 Å². The van der Waals surface area contributed by atoms with Gasteiger partial charge in [0.2, 0.25) is 5.88 Å². The summed E-state index contributed by atoms with van der Waals surface area (Å²) in [6.07, 6.45) is 4.73. The molecule has 1 aliphatic heterocycles. The van der Waals surface area contributed by atoms with Gasteiger partial charge in [0.15, 0.2) is 10.7 Å². The van der Waals surface area contributed by atoms with Gasteiger partial charge in [-0.25, -0.2) is 27.9 Å². The Bertz CT molecular complexity index is 1330. The summed E-state index contributed by atoms with van der Waals surface area (Å²) in [4.78, 5) is 14.9. The average molecular weight is 452 g/mol. The highest BCUT2D eigenvalue weighted by Crippen LogP contribution is 2.23. The van der Waals surface area contributed by atoms with E-state index in [4.69, 9.17) is 4.74 Å². The molecule has 0 N–H and O–H groups in total. The van der Waals surface area contributed by atoms with Crippen LogP contribution in [-0.4, -0.2) is 70.6 Å². The lowest BCUT2D eigenvalue weighted by Gasteiger charge is -2.34. The predicted molar refractivity (Wildman–Crippen MR) is 118 cm³/mol. The fourth-order valence-electron chi connectivity index (χ4n) is 3.67. The van der Waals surface area contributed by atoms with Gasteiger partial charge in [-0.05, 0) is 30.3 Å². The van der Waals surface area contributed by atoms with Crippen molar-refractivity contribution in [2.45, 2.75) is 5.03 Å². The number of aromatic nitrogens is 5. The minimum atomic E-state index is -3.77. The van der Waals surface area contributed by atoms with Crippen LogP contribution in [0, 0.1) is 0 Å². The number of hydrogen-bond donors (Lipinski definition) is 0.